The monoisotopic (exact) mass is 259 g/mol. The first-order valence-corrected chi connectivity index (χ1v) is 7.32. The van der Waals surface area contributed by atoms with E-state index in [0.29, 0.717) is 0 Å². The number of hydrogen-bond donors (Lipinski definition) is 1. The van der Waals surface area contributed by atoms with Crippen molar-refractivity contribution in [3.8, 4) is 0 Å². The Hall–Kier alpha value is -1.35. The Morgan fingerprint density at radius 1 is 1.21 bits per heavy atom. The topological polar surface area (TPSA) is 29.9 Å². The quantitative estimate of drug-likeness (QED) is 0.858. The molecule has 0 spiro atoms. The smallest absolute Gasteiger partial charge is 0.126 e. The van der Waals surface area contributed by atoms with Crippen molar-refractivity contribution in [3.63, 3.8) is 0 Å². The molecule has 0 bridgehead atoms. The van der Waals surface area contributed by atoms with Crippen LogP contribution >= 0.6 is 0 Å². The summed E-state index contributed by atoms with van der Waals surface area (Å²) in [5.74, 6) is 1.88. The van der Waals surface area contributed by atoms with E-state index >= 15 is 0 Å². The maximum atomic E-state index is 4.74. The highest BCUT2D eigenvalue weighted by Gasteiger charge is 2.14. The molecule has 1 unspecified atom stereocenters. The average molecular weight is 259 g/mol. The molecule has 1 aromatic heterocycles. The summed E-state index contributed by atoms with van der Waals surface area (Å²) in [6.45, 7) is 7.78. The second-order valence-electron chi connectivity index (χ2n) is 5.33. The van der Waals surface area contributed by atoms with Gasteiger partial charge in [-0.05, 0) is 31.5 Å². The molecular weight excluding hydrogens is 234 g/mol. The van der Waals surface area contributed by atoms with Gasteiger partial charge in [-0.1, -0.05) is 38.8 Å². The van der Waals surface area contributed by atoms with Gasteiger partial charge in [0.1, 0.15) is 5.82 Å². The molecule has 1 heterocycles. The SMILES string of the molecule is CCC(CC)CNC(C)c1nc2ccccc2n1C. The second kappa shape index (κ2) is 6.20. The van der Waals surface area contributed by atoms with Crippen molar-refractivity contribution in [2.45, 2.75) is 39.7 Å². The lowest BCUT2D eigenvalue weighted by molar-refractivity contribution is 0.412. The number of nitrogens with zero attached hydrogens (tertiary/aromatic N) is 2. The molecule has 1 atom stereocenters. The van der Waals surface area contributed by atoms with Crippen LogP contribution < -0.4 is 5.32 Å². The summed E-state index contributed by atoms with van der Waals surface area (Å²) in [4.78, 5) is 4.74. The molecule has 0 aliphatic rings. The minimum Gasteiger partial charge on any atom is -0.330 e. The zero-order valence-electron chi connectivity index (χ0n) is 12.5. The minimum atomic E-state index is 0.290. The van der Waals surface area contributed by atoms with Crippen LogP contribution in [0, 0.1) is 5.92 Å². The van der Waals surface area contributed by atoms with E-state index in [2.05, 4.69) is 55.9 Å². The fourth-order valence-corrected chi connectivity index (χ4v) is 2.56. The summed E-state index contributed by atoms with van der Waals surface area (Å²) in [5, 5.41) is 3.62. The van der Waals surface area contributed by atoms with Crippen molar-refractivity contribution in [1.82, 2.24) is 14.9 Å². The van der Waals surface area contributed by atoms with Crippen molar-refractivity contribution in [2.75, 3.05) is 6.54 Å². The Kier molecular flexibility index (Phi) is 4.59. The number of para-hydroxylation sites is 2. The van der Waals surface area contributed by atoms with E-state index < -0.39 is 0 Å². The number of fused-ring (bicyclic) bond motifs is 1. The van der Waals surface area contributed by atoms with Crippen LogP contribution in [-0.4, -0.2) is 16.1 Å². The zero-order valence-corrected chi connectivity index (χ0v) is 12.5. The molecule has 0 radical (unpaired) electrons. The number of aryl methyl sites for hydroxylation is 1. The van der Waals surface area contributed by atoms with Gasteiger partial charge in [-0.25, -0.2) is 4.98 Å². The van der Waals surface area contributed by atoms with Gasteiger partial charge in [0, 0.05) is 7.05 Å². The van der Waals surface area contributed by atoms with Crippen LogP contribution in [0.4, 0.5) is 0 Å². The zero-order chi connectivity index (χ0) is 13.8. The van der Waals surface area contributed by atoms with Crippen LogP contribution in [0.15, 0.2) is 24.3 Å². The molecule has 1 aromatic carbocycles. The Morgan fingerprint density at radius 2 is 1.89 bits per heavy atom. The van der Waals surface area contributed by atoms with Crippen LogP contribution in [0.1, 0.15) is 45.5 Å². The summed E-state index contributed by atoms with van der Waals surface area (Å²) in [5.41, 5.74) is 2.28. The van der Waals surface area contributed by atoms with Gasteiger partial charge in [-0.3, -0.25) is 0 Å². The van der Waals surface area contributed by atoms with Gasteiger partial charge in [0.05, 0.1) is 17.1 Å². The van der Waals surface area contributed by atoms with Crippen LogP contribution in [0.2, 0.25) is 0 Å². The normalized spacial score (nSPS) is 13.3. The first-order valence-electron chi connectivity index (χ1n) is 7.32. The van der Waals surface area contributed by atoms with E-state index in [1.54, 1.807) is 0 Å². The third kappa shape index (κ3) is 2.98. The molecule has 19 heavy (non-hydrogen) atoms. The summed E-state index contributed by atoms with van der Waals surface area (Å²) in [6.07, 6.45) is 2.47. The van der Waals surface area contributed by atoms with Crippen molar-refractivity contribution in [3.05, 3.63) is 30.1 Å². The molecule has 104 valence electrons. The maximum Gasteiger partial charge on any atom is 0.126 e. The molecule has 2 rings (SSSR count). The molecule has 0 saturated heterocycles. The second-order valence-corrected chi connectivity index (χ2v) is 5.33. The highest BCUT2D eigenvalue weighted by atomic mass is 15.1. The molecule has 0 aliphatic carbocycles. The molecule has 0 aliphatic heterocycles. The van der Waals surface area contributed by atoms with Gasteiger partial charge in [-0.2, -0.15) is 0 Å². The molecule has 2 aromatic rings. The molecule has 1 N–H and O–H groups in total. The minimum absolute atomic E-state index is 0.290. The van der Waals surface area contributed by atoms with E-state index in [-0.39, 0.29) is 6.04 Å². The largest absolute Gasteiger partial charge is 0.330 e. The van der Waals surface area contributed by atoms with Gasteiger partial charge < -0.3 is 9.88 Å². The lowest BCUT2D eigenvalue weighted by Crippen LogP contribution is -2.27. The van der Waals surface area contributed by atoms with E-state index in [4.69, 9.17) is 4.98 Å². The molecule has 0 amide bonds. The van der Waals surface area contributed by atoms with Gasteiger partial charge in [0.15, 0.2) is 0 Å². The standard InChI is InChI=1S/C16H25N3/c1-5-13(6-2)11-17-12(3)16-18-14-9-7-8-10-15(14)19(16)4/h7-10,12-13,17H,5-6,11H2,1-4H3. The fourth-order valence-electron chi connectivity index (χ4n) is 2.56. The van der Waals surface area contributed by atoms with Gasteiger partial charge in [0.2, 0.25) is 0 Å². The Morgan fingerprint density at radius 3 is 2.53 bits per heavy atom. The summed E-state index contributed by atoms with van der Waals surface area (Å²) in [6, 6.07) is 8.60. The van der Waals surface area contributed by atoms with Crippen molar-refractivity contribution in [2.24, 2.45) is 13.0 Å². The van der Waals surface area contributed by atoms with Crippen LogP contribution in [-0.2, 0) is 7.05 Å². The number of aromatic nitrogens is 2. The van der Waals surface area contributed by atoms with E-state index in [1.807, 2.05) is 6.07 Å². The van der Waals surface area contributed by atoms with E-state index in [0.717, 1.165) is 23.8 Å². The van der Waals surface area contributed by atoms with Crippen LogP contribution in [0.5, 0.6) is 0 Å². The van der Waals surface area contributed by atoms with E-state index in [1.165, 1.54) is 18.4 Å². The molecule has 3 heteroatoms. The lowest BCUT2D eigenvalue weighted by Gasteiger charge is -2.18. The molecular formula is C16H25N3. The van der Waals surface area contributed by atoms with Crippen LogP contribution in [0.25, 0.3) is 11.0 Å². The third-order valence-electron chi connectivity index (χ3n) is 4.08. The number of hydrogen-bond acceptors (Lipinski definition) is 2. The lowest BCUT2D eigenvalue weighted by atomic mass is 10.0. The average Bonchev–Trinajstić information content (AvgIpc) is 2.78. The first kappa shape index (κ1) is 14.1. The van der Waals surface area contributed by atoms with Crippen molar-refractivity contribution < 1.29 is 0 Å². The number of benzene rings is 1. The Labute approximate surface area is 116 Å². The molecule has 3 nitrogen and oxygen atoms in total. The number of imidazole rings is 1. The third-order valence-corrected chi connectivity index (χ3v) is 4.08. The highest BCUT2D eigenvalue weighted by Crippen LogP contribution is 2.19. The first-order chi connectivity index (χ1) is 9.17. The highest BCUT2D eigenvalue weighted by molar-refractivity contribution is 5.75. The van der Waals surface area contributed by atoms with Crippen molar-refractivity contribution in [1.29, 1.82) is 0 Å². The Balaban J connectivity index is 2.13. The maximum absolute atomic E-state index is 4.74. The molecule has 0 fully saturated rings. The van der Waals surface area contributed by atoms with Gasteiger partial charge in [0.25, 0.3) is 0 Å². The number of nitrogens with one attached hydrogen (secondary N) is 1. The van der Waals surface area contributed by atoms with Gasteiger partial charge in [-0.15, -0.1) is 0 Å². The summed E-state index contributed by atoms with van der Waals surface area (Å²) >= 11 is 0. The summed E-state index contributed by atoms with van der Waals surface area (Å²) in [7, 11) is 2.10. The fraction of sp³-hybridized carbons (Fsp3) is 0.562. The predicted molar refractivity (Wildman–Crippen MR) is 81.2 cm³/mol. The van der Waals surface area contributed by atoms with Crippen LogP contribution in [0.3, 0.4) is 0 Å². The van der Waals surface area contributed by atoms with E-state index in [9.17, 15) is 0 Å². The van der Waals surface area contributed by atoms with Gasteiger partial charge >= 0.3 is 0 Å². The van der Waals surface area contributed by atoms with Crippen molar-refractivity contribution >= 4 is 11.0 Å². The Bertz CT molecular complexity index is 526. The summed E-state index contributed by atoms with van der Waals surface area (Å²) < 4.78 is 2.19. The molecule has 0 saturated carbocycles. The predicted octanol–water partition coefficient (Wildman–Crippen LogP) is 3.66. The number of rotatable bonds is 6.